The van der Waals surface area contributed by atoms with Crippen molar-refractivity contribution < 1.29 is 24.6 Å². The minimum Gasteiger partial charge on any atom is -0.479 e. The maximum absolute atomic E-state index is 11.3. The molecule has 29 heavy (non-hydrogen) atoms. The van der Waals surface area contributed by atoms with Crippen LogP contribution in [0.5, 0.6) is 0 Å². The van der Waals surface area contributed by atoms with E-state index in [1.807, 2.05) is 24.3 Å². The first kappa shape index (κ1) is 20.3. The highest BCUT2D eigenvalue weighted by atomic mass is 16.5. The van der Waals surface area contributed by atoms with Crippen molar-refractivity contribution in [2.45, 2.75) is 31.9 Å². The maximum atomic E-state index is 11.3. The van der Waals surface area contributed by atoms with E-state index >= 15 is 0 Å². The van der Waals surface area contributed by atoms with Crippen molar-refractivity contribution in [2.75, 3.05) is 6.61 Å². The summed E-state index contributed by atoms with van der Waals surface area (Å²) < 4.78 is 6.72. The Bertz CT molecular complexity index is 1040. The summed E-state index contributed by atoms with van der Waals surface area (Å²) in [5.74, 6) is 4.88. The van der Waals surface area contributed by atoms with Crippen LogP contribution >= 0.6 is 0 Å². The molecule has 1 atom stereocenters. The molecular weight excluding hydrogens is 374 g/mol. The number of hydrogen-bond donors (Lipinski definition) is 3. The normalized spacial score (nSPS) is 12.8. The number of aliphatic hydroxyl groups excluding tert-OH is 1. The van der Waals surface area contributed by atoms with Crippen molar-refractivity contribution in [2.24, 2.45) is 0 Å². The number of aromatic nitrogens is 3. The summed E-state index contributed by atoms with van der Waals surface area (Å²) in [6.45, 7) is 1.52. The van der Waals surface area contributed by atoms with Crippen LogP contribution in [0.2, 0.25) is 0 Å². The molecule has 0 radical (unpaired) electrons. The van der Waals surface area contributed by atoms with E-state index in [1.54, 1.807) is 12.3 Å². The Morgan fingerprint density at radius 2 is 2.03 bits per heavy atom. The second kappa shape index (κ2) is 8.73. The molecule has 3 rings (SSSR count). The van der Waals surface area contributed by atoms with Crippen LogP contribution in [0, 0.1) is 11.8 Å². The number of benzene rings is 1. The predicted molar refractivity (Wildman–Crippen MR) is 103 cm³/mol. The molecule has 0 aliphatic carbocycles. The summed E-state index contributed by atoms with van der Waals surface area (Å²) in [6, 6.07) is 9.41. The fourth-order valence-corrected chi connectivity index (χ4v) is 2.75. The van der Waals surface area contributed by atoms with E-state index in [0.29, 0.717) is 11.5 Å². The first-order chi connectivity index (χ1) is 13.9. The average Bonchev–Trinajstić information content (AvgIpc) is 3.35. The third kappa shape index (κ3) is 4.90. The Morgan fingerprint density at radius 3 is 2.72 bits per heavy atom. The quantitative estimate of drug-likeness (QED) is 0.519. The summed E-state index contributed by atoms with van der Waals surface area (Å²) in [7, 11) is 0. The molecule has 0 saturated heterocycles. The second-order valence-electron chi connectivity index (χ2n) is 6.71. The van der Waals surface area contributed by atoms with Crippen LogP contribution in [0.3, 0.4) is 0 Å². The standard InChI is InChI=1S/C21H21N3O5/c1-21(28,20(26)27)19-22-10-11-24(19)14-17-13-18(29-23-17)9-8-16-6-4-15(5-7-16)3-2-12-25/h4-7,10-11,13,25,28H,2-3,12,14H2,1H3,(H,26,27). The number of carboxylic acid groups (broad SMARTS) is 1. The lowest BCUT2D eigenvalue weighted by Gasteiger charge is -2.18. The Labute approximate surface area is 167 Å². The fraction of sp³-hybridized carbons (Fsp3) is 0.286. The van der Waals surface area contributed by atoms with Crippen molar-refractivity contribution in [3.63, 3.8) is 0 Å². The van der Waals surface area contributed by atoms with Gasteiger partial charge in [-0.2, -0.15) is 0 Å². The molecule has 0 aliphatic heterocycles. The lowest BCUT2D eigenvalue weighted by atomic mass is 10.1. The van der Waals surface area contributed by atoms with Gasteiger partial charge in [-0.15, -0.1) is 0 Å². The van der Waals surface area contributed by atoms with Gasteiger partial charge in [-0.1, -0.05) is 23.2 Å². The van der Waals surface area contributed by atoms with Gasteiger partial charge in [-0.25, -0.2) is 9.78 Å². The molecule has 8 heteroatoms. The van der Waals surface area contributed by atoms with Gasteiger partial charge in [0.2, 0.25) is 11.4 Å². The summed E-state index contributed by atoms with van der Waals surface area (Å²) in [6.07, 6.45) is 4.52. The highest BCUT2D eigenvalue weighted by molar-refractivity contribution is 5.77. The van der Waals surface area contributed by atoms with Crippen LogP contribution in [-0.4, -0.2) is 42.6 Å². The second-order valence-corrected chi connectivity index (χ2v) is 6.71. The lowest BCUT2D eigenvalue weighted by Crippen LogP contribution is -2.35. The fourth-order valence-electron chi connectivity index (χ4n) is 2.75. The minimum atomic E-state index is -2.11. The molecular formula is C21H21N3O5. The number of aliphatic hydroxyl groups is 2. The van der Waals surface area contributed by atoms with Crippen molar-refractivity contribution in [1.29, 1.82) is 0 Å². The molecule has 0 aliphatic rings. The predicted octanol–water partition coefficient (Wildman–Crippen LogP) is 1.54. The molecule has 1 aromatic carbocycles. The number of aliphatic carboxylic acids is 1. The molecule has 1 unspecified atom stereocenters. The molecule has 150 valence electrons. The van der Waals surface area contributed by atoms with Crippen molar-refractivity contribution in [1.82, 2.24) is 14.7 Å². The van der Waals surface area contributed by atoms with E-state index in [-0.39, 0.29) is 19.0 Å². The summed E-state index contributed by atoms with van der Waals surface area (Å²) >= 11 is 0. The zero-order chi connectivity index (χ0) is 20.9. The van der Waals surface area contributed by atoms with Gasteiger partial charge >= 0.3 is 5.97 Å². The molecule has 2 heterocycles. The van der Waals surface area contributed by atoms with E-state index in [0.717, 1.165) is 24.0 Å². The summed E-state index contributed by atoms with van der Waals surface area (Å²) in [5.41, 5.74) is 0.373. The maximum Gasteiger partial charge on any atom is 0.343 e. The van der Waals surface area contributed by atoms with Crippen molar-refractivity contribution in [3.8, 4) is 11.8 Å². The van der Waals surface area contributed by atoms with Crippen LogP contribution in [0.15, 0.2) is 47.2 Å². The average molecular weight is 395 g/mol. The highest BCUT2D eigenvalue weighted by Gasteiger charge is 2.36. The number of rotatable bonds is 7. The van der Waals surface area contributed by atoms with Crippen LogP contribution in [0.25, 0.3) is 0 Å². The van der Waals surface area contributed by atoms with E-state index in [1.165, 1.54) is 17.7 Å². The zero-order valence-electron chi connectivity index (χ0n) is 15.9. The molecule has 2 aromatic heterocycles. The zero-order valence-corrected chi connectivity index (χ0v) is 15.9. The number of carboxylic acids is 1. The van der Waals surface area contributed by atoms with Crippen molar-refractivity contribution in [3.05, 3.63) is 71.1 Å². The van der Waals surface area contributed by atoms with E-state index in [2.05, 4.69) is 22.0 Å². The Hall–Kier alpha value is -3.41. The highest BCUT2D eigenvalue weighted by Crippen LogP contribution is 2.20. The van der Waals surface area contributed by atoms with Gasteiger partial charge in [0.1, 0.15) is 5.69 Å². The molecule has 0 saturated carbocycles. The van der Waals surface area contributed by atoms with E-state index in [4.69, 9.17) is 9.63 Å². The smallest absolute Gasteiger partial charge is 0.343 e. The third-order valence-electron chi connectivity index (χ3n) is 4.37. The van der Waals surface area contributed by atoms with Gasteiger partial charge in [0.05, 0.1) is 6.54 Å². The van der Waals surface area contributed by atoms with Crippen LogP contribution in [-0.2, 0) is 23.4 Å². The Balaban J connectivity index is 1.70. The lowest BCUT2D eigenvalue weighted by molar-refractivity contribution is -0.158. The topological polar surface area (TPSA) is 122 Å². The van der Waals surface area contributed by atoms with E-state index < -0.39 is 11.6 Å². The molecule has 0 amide bonds. The monoisotopic (exact) mass is 395 g/mol. The Morgan fingerprint density at radius 1 is 1.28 bits per heavy atom. The number of imidazole rings is 1. The largest absolute Gasteiger partial charge is 0.479 e. The minimum absolute atomic E-state index is 0.00178. The van der Waals surface area contributed by atoms with E-state index in [9.17, 15) is 15.0 Å². The summed E-state index contributed by atoms with van der Waals surface area (Å²) in [4.78, 5) is 15.2. The molecule has 3 aromatic rings. The number of nitrogens with zero attached hydrogens (tertiary/aromatic N) is 3. The van der Waals surface area contributed by atoms with Crippen LogP contribution in [0.4, 0.5) is 0 Å². The molecule has 0 fully saturated rings. The molecule has 0 spiro atoms. The van der Waals surface area contributed by atoms with Crippen molar-refractivity contribution >= 4 is 5.97 Å². The molecule has 3 N–H and O–H groups in total. The van der Waals surface area contributed by atoms with Gasteiger partial charge in [0.15, 0.2) is 5.82 Å². The van der Waals surface area contributed by atoms with Gasteiger partial charge in [-0.3, -0.25) is 0 Å². The van der Waals surface area contributed by atoms with Gasteiger partial charge in [0, 0.05) is 30.6 Å². The van der Waals surface area contributed by atoms with Gasteiger partial charge in [0.25, 0.3) is 0 Å². The number of hydrogen-bond acceptors (Lipinski definition) is 6. The summed E-state index contributed by atoms with van der Waals surface area (Å²) in [5, 5.41) is 32.1. The molecule has 0 bridgehead atoms. The van der Waals surface area contributed by atoms with Crippen LogP contribution < -0.4 is 0 Å². The van der Waals surface area contributed by atoms with Gasteiger partial charge < -0.3 is 24.4 Å². The first-order valence-electron chi connectivity index (χ1n) is 9.05. The SMILES string of the molecule is CC(O)(C(=O)O)c1nccn1Cc1cc(C#Cc2ccc(CCCO)cc2)on1. The van der Waals surface area contributed by atoms with Gasteiger partial charge in [-0.05, 0) is 43.4 Å². The first-order valence-corrected chi connectivity index (χ1v) is 9.05. The number of carbonyl (C=O) groups is 1. The number of aryl methyl sites for hydroxylation is 1. The Kier molecular flexibility index (Phi) is 6.12. The third-order valence-corrected chi connectivity index (χ3v) is 4.37. The van der Waals surface area contributed by atoms with Crippen LogP contribution in [0.1, 0.15) is 41.8 Å². The molecule has 8 nitrogen and oxygen atoms in total.